The molecule has 1 heterocycles. The van der Waals surface area contributed by atoms with Gasteiger partial charge in [0.25, 0.3) is 5.91 Å². The number of benzene rings is 2. The second-order valence-corrected chi connectivity index (χ2v) is 5.51. The summed E-state index contributed by atoms with van der Waals surface area (Å²) in [5.41, 5.74) is 1.34. The van der Waals surface area contributed by atoms with Gasteiger partial charge in [-0.3, -0.25) is 9.59 Å². The zero-order valence-electron chi connectivity index (χ0n) is 12.2. The number of ketones is 1. The van der Waals surface area contributed by atoms with Crippen LogP contribution < -0.4 is 0 Å². The number of aliphatic hydroxyl groups is 1. The van der Waals surface area contributed by atoms with E-state index in [4.69, 9.17) is 0 Å². The average Bonchev–Trinajstić information content (AvgIpc) is 2.80. The molecular weight excluding hydrogens is 278 g/mol. The lowest BCUT2D eigenvalue weighted by molar-refractivity contribution is -0.134. The number of rotatable bonds is 3. The minimum atomic E-state index is -1.19. The summed E-state index contributed by atoms with van der Waals surface area (Å²) in [6.45, 7) is 0. The molecule has 0 saturated carbocycles. The molecule has 0 radical (unpaired) electrons. The first-order valence-corrected chi connectivity index (χ1v) is 7.20. The van der Waals surface area contributed by atoms with Gasteiger partial charge in [-0.15, -0.1) is 0 Å². The third kappa shape index (κ3) is 2.31. The van der Waals surface area contributed by atoms with E-state index in [0.717, 1.165) is 5.56 Å². The number of likely N-dealkylation sites (tertiary alicyclic amines) is 1. The van der Waals surface area contributed by atoms with Crippen LogP contribution in [0.5, 0.6) is 0 Å². The van der Waals surface area contributed by atoms with Crippen molar-refractivity contribution in [2.24, 2.45) is 0 Å². The van der Waals surface area contributed by atoms with E-state index in [-0.39, 0.29) is 5.78 Å². The normalized spacial score (nSPS) is 24.5. The second kappa shape index (κ2) is 5.73. The molecule has 2 aromatic rings. The van der Waals surface area contributed by atoms with Crippen molar-refractivity contribution in [1.82, 2.24) is 4.90 Å². The van der Waals surface area contributed by atoms with E-state index in [0.29, 0.717) is 5.56 Å². The van der Waals surface area contributed by atoms with Crippen LogP contribution in [-0.2, 0) is 4.79 Å². The predicted octanol–water partition coefficient (Wildman–Crippen LogP) is 1.85. The molecule has 1 amide bonds. The Morgan fingerprint density at radius 2 is 1.55 bits per heavy atom. The van der Waals surface area contributed by atoms with Gasteiger partial charge in [-0.25, -0.2) is 0 Å². The zero-order valence-corrected chi connectivity index (χ0v) is 12.2. The highest BCUT2D eigenvalue weighted by Gasteiger charge is 2.49. The van der Waals surface area contributed by atoms with Crippen molar-refractivity contribution in [3.8, 4) is 0 Å². The van der Waals surface area contributed by atoms with Crippen LogP contribution >= 0.6 is 0 Å². The Morgan fingerprint density at radius 3 is 2.14 bits per heavy atom. The topological polar surface area (TPSA) is 57.6 Å². The number of Topliss-reactive ketones (excluding diaryl/α,β-unsaturated/α-hetero) is 1. The Hall–Kier alpha value is -2.46. The molecule has 1 aliphatic heterocycles. The first-order chi connectivity index (χ1) is 10.6. The monoisotopic (exact) mass is 295 g/mol. The number of nitrogens with zero attached hydrogens (tertiary/aromatic N) is 1. The lowest BCUT2D eigenvalue weighted by atomic mass is 9.86. The Kier molecular flexibility index (Phi) is 3.77. The Balaban J connectivity index is 2.03. The first kappa shape index (κ1) is 14.5. The first-order valence-electron chi connectivity index (χ1n) is 7.20. The molecule has 1 saturated heterocycles. The summed E-state index contributed by atoms with van der Waals surface area (Å²) >= 11 is 0. The SMILES string of the molecule is CN1C(=O)[C@H](O)[C@H](c2ccccc2)[C@H]1C(=O)c1ccccc1. The maximum atomic E-state index is 12.8. The number of aliphatic hydroxyl groups excluding tert-OH is 1. The van der Waals surface area contributed by atoms with Gasteiger partial charge in [0.05, 0.1) is 0 Å². The van der Waals surface area contributed by atoms with Crippen molar-refractivity contribution in [2.45, 2.75) is 18.1 Å². The fourth-order valence-electron chi connectivity index (χ4n) is 3.06. The average molecular weight is 295 g/mol. The molecule has 3 rings (SSSR count). The minimum Gasteiger partial charge on any atom is -0.383 e. The molecular formula is C18H17NO3. The lowest BCUT2D eigenvalue weighted by Crippen LogP contribution is -2.38. The molecule has 4 nitrogen and oxygen atoms in total. The van der Waals surface area contributed by atoms with Crippen LogP contribution in [0.3, 0.4) is 0 Å². The van der Waals surface area contributed by atoms with Crippen LogP contribution in [0.1, 0.15) is 21.8 Å². The Bertz CT molecular complexity index is 684. The highest BCUT2D eigenvalue weighted by Crippen LogP contribution is 2.35. The van der Waals surface area contributed by atoms with Gasteiger partial charge in [0.2, 0.25) is 0 Å². The Morgan fingerprint density at radius 1 is 1.00 bits per heavy atom. The number of hydrogen-bond donors (Lipinski definition) is 1. The molecule has 3 atom stereocenters. The van der Waals surface area contributed by atoms with Gasteiger partial charge < -0.3 is 10.0 Å². The van der Waals surface area contributed by atoms with Crippen LogP contribution in [-0.4, -0.2) is 40.9 Å². The van der Waals surface area contributed by atoms with Gasteiger partial charge in [-0.05, 0) is 5.56 Å². The molecule has 0 bridgehead atoms. The summed E-state index contributed by atoms with van der Waals surface area (Å²) < 4.78 is 0. The zero-order chi connectivity index (χ0) is 15.7. The standard InChI is InChI=1S/C18H17NO3/c1-19-15(16(20)13-10-6-3-7-11-13)14(17(21)18(19)22)12-8-4-2-5-9-12/h2-11,14-15,17,21H,1H3/t14-,15+,17-/m1/s1. The minimum absolute atomic E-state index is 0.151. The number of hydrogen-bond acceptors (Lipinski definition) is 3. The van der Waals surface area contributed by atoms with Gasteiger partial charge in [-0.1, -0.05) is 60.7 Å². The smallest absolute Gasteiger partial charge is 0.252 e. The largest absolute Gasteiger partial charge is 0.383 e. The molecule has 4 heteroatoms. The van der Waals surface area contributed by atoms with Crippen LogP contribution in [0.2, 0.25) is 0 Å². The highest BCUT2D eigenvalue weighted by atomic mass is 16.3. The van der Waals surface area contributed by atoms with E-state index >= 15 is 0 Å². The van der Waals surface area contributed by atoms with E-state index < -0.39 is 24.0 Å². The summed E-state index contributed by atoms with van der Waals surface area (Å²) in [6, 6.07) is 17.4. The van der Waals surface area contributed by atoms with Crippen LogP contribution in [0.4, 0.5) is 0 Å². The summed E-state index contributed by atoms with van der Waals surface area (Å²) in [5, 5.41) is 10.3. The van der Waals surface area contributed by atoms with Gasteiger partial charge in [-0.2, -0.15) is 0 Å². The molecule has 1 fully saturated rings. The lowest BCUT2D eigenvalue weighted by Gasteiger charge is -2.24. The number of likely N-dealkylation sites (N-methyl/N-ethyl adjacent to an activating group) is 1. The van der Waals surface area contributed by atoms with Gasteiger partial charge in [0.15, 0.2) is 5.78 Å². The van der Waals surface area contributed by atoms with Crippen LogP contribution in [0.25, 0.3) is 0 Å². The van der Waals surface area contributed by atoms with Crippen LogP contribution in [0, 0.1) is 0 Å². The predicted molar refractivity (Wildman–Crippen MR) is 82.5 cm³/mol. The maximum absolute atomic E-state index is 12.8. The van der Waals surface area contributed by atoms with Crippen molar-refractivity contribution in [3.63, 3.8) is 0 Å². The van der Waals surface area contributed by atoms with Crippen LogP contribution in [0.15, 0.2) is 60.7 Å². The van der Waals surface area contributed by atoms with Crippen molar-refractivity contribution < 1.29 is 14.7 Å². The molecule has 1 aliphatic rings. The van der Waals surface area contributed by atoms with Crippen molar-refractivity contribution in [1.29, 1.82) is 0 Å². The molecule has 1 N–H and O–H groups in total. The summed E-state index contributed by atoms with van der Waals surface area (Å²) in [6.07, 6.45) is -1.19. The summed E-state index contributed by atoms with van der Waals surface area (Å²) in [5.74, 6) is -1.11. The number of amides is 1. The quantitative estimate of drug-likeness (QED) is 0.879. The molecule has 22 heavy (non-hydrogen) atoms. The fourth-order valence-corrected chi connectivity index (χ4v) is 3.06. The van der Waals surface area contributed by atoms with Crippen molar-refractivity contribution in [3.05, 3.63) is 71.8 Å². The molecule has 0 spiro atoms. The van der Waals surface area contributed by atoms with E-state index in [9.17, 15) is 14.7 Å². The Labute approximate surface area is 129 Å². The van der Waals surface area contributed by atoms with E-state index in [2.05, 4.69) is 0 Å². The molecule has 0 aromatic heterocycles. The maximum Gasteiger partial charge on any atom is 0.252 e. The third-order valence-corrected chi connectivity index (χ3v) is 4.21. The summed E-state index contributed by atoms with van der Waals surface area (Å²) in [7, 11) is 1.57. The number of carbonyl (C=O) groups excluding carboxylic acids is 2. The second-order valence-electron chi connectivity index (χ2n) is 5.51. The van der Waals surface area contributed by atoms with Gasteiger partial charge in [0.1, 0.15) is 12.1 Å². The fraction of sp³-hybridized carbons (Fsp3) is 0.222. The highest BCUT2D eigenvalue weighted by molar-refractivity contribution is 6.05. The number of carbonyl (C=O) groups is 2. The van der Waals surface area contributed by atoms with Gasteiger partial charge >= 0.3 is 0 Å². The van der Waals surface area contributed by atoms with E-state index in [1.165, 1.54) is 4.90 Å². The molecule has 0 aliphatic carbocycles. The van der Waals surface area contributed by atoms with Crippen molar-refractivity contribution >= 4 is 11.7 Å². The molecule has 2 aromatic carbocycles. The van der Waals surface area contributed by atoms with E-state index in [1.807, 2.05) is 36.4 Å². The third-order valence-electron chi connectivity index (χ3n) is 4.21. The molecule has 112 valence electrons. The summed E-state index contributed by atoms with van der Waals surface area (Å²) in [4.78, 5) is 26.3. The van der Waals surface area contributed by atoms with E-state index in [1.54, 1.807) is 31.3 Å². The van der Waals surface area contributed by atoms with Gasteiger partial charge in [0, 0.05) is 18.5 Å². The van der Waals surface area contributed by atoms with Crippen molar-refractivity contribution in [2.75, 3.05) is 7.05 Å². The molecule has 0 unspecified atom stereocenters.